The lowest BCUT2D eigenvalue weighted by Gasteiger charge is -2.34. The maximum Gasteiger partial charge on any atom is 0.408 e. The van der Waals surface area contributed by atoms with Gasteiger partial charge >= 0.3 is 6.09 Å². The highest BCUT2D eigenvalue weighted by molar-refractivity contribution is 5.92. The van der Waals surface area contributed by atoms with E-state index in [0.29, 0.717) is 6.54 Å². The maximum absolute atomic E-state index is 13.4. The van der Waals surface area contributed by atoms with Crippen LogP contribution in [0.15, 0.2) is 18.2 Å². The number of benzene rings is 1. The van der Waals surface area contributed by atoms with E-state index in [1.807, 2.05) is 32.0 Å². The summed E-state index contributed by atoms with van der Waals surface area (Å²) in [5, 5.41) is 15.2. The van der Waals surface area contributed by atoms with Gasteiger partial charge in [0.1, 0.15) is 17.7 Å². The second kappa shape index (κ2) is 13.2. The zero-order valence-electron chi connectivity index (χ0n) is 21.2. The predicted octanol–water partition coefficient (Wildman–Crippen LogP) is 3.39. The van der Waals surface area contributed by atoms with Crippen LogP contribution in [0.5, 0.6) is 0 Å². The summed E-state index contributed by atoms with van der Waals surface area (Å²) in [6.07, 6.45) is 2.13. The summed E-state index contributed by atoms with van der Waals surface area (Å²) >= 11 is 0. The van der Waals surface area contributed by atoms with Crippen LogP contribution in [-0.4, -0.2) is 59.3 Å². The fraction of sp³-hybridized carbons (Fsp3) is 0.640. The second-order valence-electron chi connectivity index (χ2n) is 9.33. The summed E-state index contributed by atoms with van der Waals surface area (Å²) < 4.78 is 5.26. The Morgan fingerprint density at radius 1 is 1.12 bits per heavy atom. The number of hydrogen-bond donors (Lipinski definition) is 3. The van der Waals surface area contributed by atoms with Crippen molar-refractivity contribution in [3.63, 3.8) is 0 Å². The van der Waals surface area contributed by atoms with Gasteiger partial charge < -0.3 is 25.4 Å². The Morgan fingerprint density at radius 3 is 2.24 bits per heavy atom. The highest BCUT2D eigenvalue weighted by Crippen LogP contribution is 2.28. The molecule has 1 aromatic carbocycles. The van der Waals surface area contributed by atoms with Crippen LogP contribution in [0.3, 0.4) is 0 Å². The van der Waals surface area contributed by atoms with E-state index in [-0.39, 0.29) is 19.1 Å². The van der Waals surface area contributed by atoms with Crippen LogP contribution in [0.1, 0.15) is 76.6 Å². The SMILES string of the molecule is CCCCCNC(=O)C(c1c(C)cccc1C)N(CCO)C(=O)C(C)NC(=O)OC(C)(C)C. The highest BCUT2D eigenvalue weighted by Gasteiger charge is 2.35. The molecular weight excluding hydrogens is 422 g/mol. The third-order valence-electron chi connectivity index (χ3n) is 5.18. The molecule has 0 heterocycles. The van der Waals surface area contributed by atoms with Gasteiger partial charge in [-0.25, -0.2) is 4.79 Å². The summed E-state index contributed by atoms with van der Waals surface area (Å²) in [5.74, 6) is -0.791. The number of hydrogen-bond acceptors (Lipinski definition) is 5. The minimum Gasteiger partial charge on any atom is -0.444 e. The zero-order chi connectivity index (χ0) is 25.2. The monoisotopic (exact) mass is 463 g/mol. The number of ether oxygens (including phenoxy) is 1. The number of unbranched alkanes of at least 4 members (excludes halogenated alkanes) is 2. The third-order valence-corrected chi connectivity index (χ3v) is 5.18. The molecule has 2 atom stereocenters. The van der Waals surface area contributed by atoms with Crippen molar-refractivity contribution in [3.05, 3.63) is 34.9 Å². The van der Waals surface area contributed by atoms with E-state index < -0.39 is 29.7 Å². The van der Waals surface area contributed by atoms with Gasteiger partial charge in [-0.15, -0.1) is 0 Å². The first-order valence-corrected chi connectivity index (χ1v) is 11.7. The normalized spacial score (nSPS) is 13.1. The van der Waals surface area contributed by atoms with Gasteiger partial charge in [-0.2, -0.15) is 0 Å². The van der Waals surface area contributed by atoms with Gasteiger partial charge in [0, 0.05) is 13.1 Å². The van der Waals surface area contributed by atoms with E-state index in [1.165, 1.54) is 11.8 Å². The van der Waals surface area contributed by atoms with E-state index in [9.17, 15) is 19.5 Å². The van der Waals surface area contributed by atoms with E-state index in [1.54, 1.807) is 20.8 Å². The summed E-state index contributed by atoms with van der Waals surface area (Å²) in [7, 11) is 0. The smallest absolute Gasteiger partial charge is 0.408 e. The Balaban J connectivity index is 3.27. The van der Waals surface area contributed by atoms with E-state index in [4.69, 9.17) is 4.74 Å². The number of rotatable bonds is 11. The molecule has 2 unspecified atom stereocenters. The molecule has 3 N–H and O–H groups in total. The molecule has 0 aliphatic rings. The summed E-state index contributed by atoms with van der Waals surface area (Å²) in [5.41, 5.74) is 1.74. The van der Waals surface area contributed by atoms with Gasteiger partial charge in [0.25, 0.3) is 0 Å². The fourth-order valence-electron chi connectivity index (χ4n) is 3.64. The van der Waals surface area contributed by atoms with Crippen molar-refractivity contribution in [2.45, 2.75) is 85.4 Å². The molecule has 0 radical (unpaired) electrons. The molecule has 0 saturated heterocycles. The fourth-order valence-corrected chi connectivity index (χ4v) is 3.64. The molecule has 8 nitrogen and oxygen atoms in total. The highest BCUT2D eigenvalue weighted by atomic mass is 16.6. The van der Waals surface area contributed by atoms with Crippen molar-refractivity contribution in [3.8, 4) is 0 Å². The molecule has 0 spiro atoms. The lowest BCUT2D eigenvalue weighted by molar-refractivity contribution is -0.142. The molecule has 0 aliphatic heterocycles. The van der Waals surface area contributed by atoms with E-state index in [0.717, 1.165) is 36.0 Å². The topological polar surface area (TPSA) is 108 Å². The number of nitrogens with one attached hydrogen (secondary N) is 2. The first-order chi connectivity index (χ1) is 15.4. The minimum atomic E-state index is -0.953. The number of aliphatic hydroxyl groups excluding tert-OH is 1. The van der Waals surface area contributed by atoms with Crippen molar-refractivity contribution in [2.75, 3.05) is 19.7 Å². The molecule has 0 aromatic heterocycles. The Morgan fingerprint density at radius 2 is 1.73 bits per heavy atom. The first kappa shape index (κ1) is 28.4. The van der Waals surface area contributed by atoms with Crippen molar-refractivity contribution in [1.29, 1.82) is 0 Å². The molecule has 1 rings (SSSR count). The van der Waals surface area contributed by atoms with Crippen molar-refractivity contribution < 1.29 is 24.2 Å². The molecule has 186 valence electrons. The molecule has 33 heavy (non-hydrogen) atoms. The quantitative estimate of drug-likeness (QED) is 0.436. The van der Waals surface area contributed by atoms with Crippen LogP contribution in [0.2, 0.25) is 0 Å². The van der Waals surface area contributed by atoms with E-state index >= 15 is 0 Å². The molecule has 0 aliphatic carbocycles. The molecule has 3 amide bonds. The number of carbonyl (C=O) groups is 3. The summed E-state index contributed by atoms with van der Waals surface area (Å²) in [6.45, 7) is 12.7. The standard InChI is InChI=1S/C25H41N3O5/c1-8-9-10-14-26-22(30)21(20-17(2)12-11-13-18(20)3)28(15-16-29)23(31)19(4)27-24(32)33-25(5,6)7/h11-13,19,21,29H,8-10,14-16H2,1-7H3,(H,26,30)(H,27,32). The van der Waals surface area contributed by atoms with Crippen LogP contribution in [0.25, 0.3) is 0 Å². The summed E-state index contributed by atoms with van der Waals surface area (Å²) in [4.78, 5) is 40.3. The van der Waals surface area contributed by atoms with Crippen LogP contribution >= 0.6 is 0 Å². The average Bonchev–Trinajstić information content (AvgIpc) is 2.70. The lowest BCUT2D eigenvalue weighted by atomic mass is 9.93. The third kappa shape index (κ3) is 9.04. The van der Waals surface area contributed by atoms with E-state index in [2.05, 4.69) is 17.6 Å². The van der Waals surface area contributed by atoms with Crippen LogP contribution in [0, 0.1) is 13.8 Å². The van der Waals surface area contributed by atoms with Crippen LogP contribution in [-0.2, 0) is 14.3 Å². The van der Waals surface area contributed by atoms with Crippen molar-refractivity contribution >= 4 is 17.9 Å². The zero-order valence-corrected chi connectivity index (χ0v) is 21.2. The molecule has 0 bridgehead atoms. The minimum absolute atomic E-state index is 0.0556. The first-order valence-electron chi connectivity index (χ1n) is 11.7. The molecule has 0 saturated carbocycles. The summed E-state index contributed by atoms with van der Waals surface area (Å²) in [6, 6.07) is 3.80. The number of aryl methyl sites for hydroxylation is 2. The molecule has 8 heteroatoms. The Kier molecular flexibility index (Phi) is 11.4. The lowest BCUT2D eigenvalue weighted by Crippen LogP contribution is -2.53. The van der Waals surface area contributed by atoms with Crippen LogP contribution < -0.4 is 10.6 Å². The number of amides is 3. The average molecular weight is 464 g/mol. The predicted molar refractivity (Wildman–Crippen MR) is 129 cm³/mol. The van der Waals surface area contributed by atoms with Gasteiger partial charge in [0.2, 0.25) is 11.8 Å². The maximum atomic E-state index is 13.4. The number of nitrogens with zero attached hydrogens (tertiary/aromatic N) is 1. The van der Waals surface area contributed by atoms with Gasteiger partial charge in [-0.3, -0.25) is 9.59 Å². The second-order valence-corrected chi connectivity index (χ2v) is 9.33. The number of aliphatic hydroxyl groups is 1. The van der Waals surface area contributed by atoms with Gasteiger partial charge in [-0.1, -0.05) is 38.0 Å². The van der Waals surface area contributed by atoms with Gasteiger partial charge in [-0.05, 0) is 64.7 Å². The molecule has 0 fully saturated rings. The Hall–Kier alpha value is -2.61. The van der Waals surface area contributed by atoms with Gasteiger partial charge in [0.15, 0.2) is 0 Å². The Bertz CT molecular complexity index is 783. The van der Waals surface area contributed by atoms with Crippen molar-refractivity contribution in [1.82, 2.24) is 15.5 Å². The number of carbonyl (C=O) groups excluding carboxylic acids is 3. The molecule has 1 aromatic rings. The van der Waals surface area contributed by atoms with Crippen LogP contribution in [0.4, 0.5) is 4.79 Å². The Labute approximate surface area is 198 Å². The molecular formula is C25H41N3O5. The number of alkyl carbamates (subject to hydrolysis) is 1. The van der Waals surface area contributed by atoms with Gasteiger partial charge in [0.05, 0.1) is 6.61 Å². The van der Waals surface area contributed by atoms with Crippen molar-refractivity contribution in [2.24, 2.45) is 0 Å². The largest absolute Gasteiger partial charge is 0.444 e.